The molecule has 110 valence electrons. The molecule has 2 N–H and O–H groups in total. The summed E-state index contributed by atoms with van der Waals surface area (Å²) in [5, 5.41) is 12.6. The first-order chi connectivity index (χ1) is 9.80. The molecule has 0 unspecified atom stereocenters. The van der Waals surface area contributed by atoms with Crippen molar-refractivity contribution < 1.29 is 9.84 Å². The summed E-state index contributed by atoms with van der Waals surface area (Å²) in [6.45, 7) is 4.77. The van der Waals surface area contributed by atoms with E-state index in [1.165, 1.54) is 0 Å². The van der Waals surface area contributed by atoms with Crippen LogP contribution in [0.2, 0.25) is 0 Å². The predicted molar refractivity (Wildman–Crippen MR) is 80.2 cm³/mol. The molecular weight excluding hydrogens is 254 g/mol. The maximum Gasteiger partial charge on any atom is 0.121 e. The third kappa shape index (κ3) is 3.29. The molecule has 0 spiro atoms. The minimum atomic E-state index is 0.118. The third-order valence-electron chi connectivity index (χ3n) is 3.31. The molecule has 1 heterocycles. The van der Waals surface area contributed by atoms with Gasteiger partial charge in [-0.1, -0.05) is 6.92 Å². The average molecular weight is 277 g/mol. The zero-order valence-corrected chi connectivity index (χ0v) is 12.2. The van der Waals surface area contributed by atoms with Crippen LogP contribution in [0.25, 0.3) is 11.0 Å². The Bertz CT molecular complexity index is 551. The van der Waals surface area contributed by atoms with Crippen molar-refractivity contribution in [3.63, 3.8) is 0 Å². The fraction of sp³-hybridized carbons (Fsp3) is 0.533. The molecule has 0 amide bonds. The number of hydrogen-bond donors (Lipinski definition) is 2. The van der Waals surface area contributed by atoms with Crippen LogP contribution in [0.4, 0.5) is 0 Å². The Kier molecular flexibility index (Phi) is 5.38. The van der Waals surface area contributed by atoms with Crippen molar-refractivity contribution in [2.24, 2.45) is 0 Å². The summed E-state index contributed by atoms with van der Waals surface area (Å²) in [6, 6.07) is 5.86. The van der Waals surface area contributed by atoms with E-state index < -0.39 is 0 Å². The molecule has 5 heteroatoms. The Morgan fingerprint density at radius 1 is 1.35 bits per heavy atom. The summed E-state index contributed by atoms with van der Waals surface area (Å²) in [7, 11) is 1.65. The van der Waals surface area contributed by atoms with Crippen molar-refractivity contribution in [1.29, 1.82) is 0 Å². The third-order valence-corrected chi connectivity index (χ3v) is 3.31. The van der Waals surface area contributed by atoms with Gasteiger partial charge in [0.05, 0.1) is 24.8 Å². The van der Waals surface area contributed by atoms with Gasteiger partial charge in [0.1, 0.15) is 11.6 Å². The fourth-order valence-electron chi connectivity index (χ4n) is 2.33. The second-order valence-corrected chi connectivity index (χ2v) is 4.76. The van der Waals surface area contributed by atoms with Gasteiger partial charge in [-0.3, -0.25) is 0 Å². The van der Waals surface area contributed by atoms with Crippen molar-refractivity contribution in [1.82, 2.24) is 14.9 Å². The van der Waals surface area contributed by atoms with E-state index in [-0.39, 0.29) is 6.61 Å². The van der Waals surface area contributed by atoms with Crippen LogP contribution in [0, 0.1) is 0 Å². The first-order valence-electron chi connectivity index (χ1n) is 7.15. The number of hydrogen-bond acceptors (Lipinski definition) is 4. The standard InChI is InChI=1S/C15H23N3O2/c1-3-7-16-8-6-15-17-13-11-12(20-2)4-5-14(13)18(15)9-10-19/h4-5,11,16,19H,3,6-10H2,1-2H3. The number of benzene rings is 1. The highest BCUT2D eigenvalue weighted by Gasteiger charge is 2.10. The van der Waals surface area contributed by atoms with E-state index >= 15 is 0 Å². The van der Waals surface area contributed by atoms with Crippen LogP contribution >= 0.6 is 0 Å². The molecule has 0 saturated heterocycles. The zero-order valence-electron chi connectivity index (χ0n) is 12.2. The van der Waals surface area contributed by atoms with Gasteiger partial charge in [0.25, 0.3) is 0 Å². The van der Waals surface area contributed by atoms with Gasteiger partial charge >= 0.3 is 0 Å². The zero-order chi connectivity index (χ0) is 14.4. The first kappa shape index (κ1) is 14.8. The number of ether oxygens (including phenoxy) is 1. The molecule has 5 nitrogen and oxygen atoms in total. The van der Waals surface area contributed by atoms with E-state index in [9.17, 15) is 5.11 Å². The normalized spacial score (nSPS) is 11.2. The number of aliphatic hydroxyl groups excluding tert-OH is 1. The van der Waals surface area contributed by atoms with Crippen molar-refractivity contribution in [2.45, 2.75) is 26.3 Å². The summed E-state index contributed by atoms with van der Waals surface area (Å²) < 4.78 is 7.32. The van der Waals surface area contributed by atoms with Gasteiger partial charge < -0.3 is 19.7 Å². The molecule has 0 bridgehead atoms. The maximum atomic E-state index is 9.24. The lowest BCUT2D eigenvalue weighted by atomic mass is 10.3. The van der Waals surface area contributed by atoms with Crippen molar-refractivity contribution in [2.75, 3.05) is 26.8 Å². The van der Waals surface area contributed by atoms with E-state index in [2.05, 4.69) is 21.8 Å². The quantitative estimate of drug-likeness (QED) is 0.719. The number of nitrogens with one attached hydrogen (secondary N) is 1. The molecular formula is C15H23N3O2. The smallest absolute Gasteiger partial charge is 0.121 e. The number of nitrogens with zero attached hydrogens (tertiary/aromatic N) is 2. The summed E-state index contributed by atoms with van der Waals surface area (Å²) in [6.07, 6.45) is 1.99. The van der Waals surface area contributed by atoms with Crippen molar-refractivity contribution in [3.8, 4) is 5.75 Å². The van der Waals surface area contributed by atoms with Gasteiger partial charge in [-0.15, -0.1) is 0 Å². The van der Waals surface area contributed by atoms with E-state index in [1.807, 2.05) is 18.2 Å². The molecule has 0 radical (unpaired) electrons. The summed E-state index contributed by atoms with van der Waals surface area (Å²) in [5.41, 5.74) is 1.97. The van der Waals surface area contributed by atoms with Crippen LogP contribution in [-0.4, -0.2) is 41.5 Å². The van der Waals surface area contributed by atoms with Crippen LogP contribution in [-0.2, 0) is 13.0 Å². The van der Waals surface area contributed by atoms with Crippen LogP contribution in [0.15, 0.2) is 18.2 Å². The number of methoxy groups -OCH3 is 1. The largest absolute Gasteiger partial charge is 0.497 e. The molecule has 1 aromatic carbocycles. The SMILES string of the molecule is CCCNCCc1nc2cc(OC)ccc2n1CCO. The first-order valence-corrected chi connectivity index (χ1v) is 7.15. The fourth-order valence-corrected chi connectivity index (χ4v) is 2.33. The second-order valence-electron chi connectivity index (χ2n) is 4.76. The number of fused-ring (bicyclic) bond motifs is 1. The molecule has 1 aromatic heterocycles. The minimum Gasteiger partial charge on any atom is -0.497 e. The topological polar surface area (TPSA) is 59.3 Å². The van der Waals surface area contributed by atoms with E-state index in [1.54, 1.807) is 7.11 Å². The summed E-state index contributed by atoms with van der Waals surface area (Å²) in [4.78, 5) is 4.67. The monoisotopic (exact) mass is 277 g/mol. The van der Waals surface area contributed by atoms with E-state index in [0.717, 1.165) is 48.5 Å². The second kappa shape index (κ2) is 7.26. The van der Waals surface area contributed by atoms with Crippen LogP contribution < -0.4 is 10.1 Å². The Labute approximate surface area is 119 Å². The lowest BCUT2D eigenvalue weighted by Crippen LogP contribution is -2.20. The Morgan fingerprint density at radius 2 is 2.20 bits per heavy atom. The van der Waals surface area contributed by atoms with Gasteiger partial charge in [0, 0.05) is 25.6 Å². The average Bonchev–Trinajstić information content (AvgIpc) is 2.81. The highest BCUT2D eigenvalue weighted by atomic mass is 16.5. The molecule has 0 fully saturated rings. The molecule has 0 aliphatic carbocycles. The minimum absolute atomic E-state index is 0.118. The molecule has 0 atom stereocenters. The predicted octanol–water partition coefficient (Wildman–Crippen LogP) is 1.58. The number of imidazole rings is 1. The van der Waals surface area contributed by atoms with E-state index in [4.69, 9.17) is 4.74 Å². The van der Waals surface area contributed by atoms with Gasteiger partial charge in [0.2, 0.25) is 0 Å². The van der Waals surface area contributed by atoms with E-state index in [0.29, 0.717) is 6.54 Å². The van der Waals surface area contributed by atoms with Gasteiger partial charge in [0.15, 0.2) is 0 Å². The van der Waals surface area contributed by atoms with Crippen LogP contribution in [0.1, 0.15) is 19.2 Å². The van der Waals surface area contributed by atoms with Crippen LogP contribution in [0.3, 0.4) is 0 Å². The highest BCUT2D eigenvalue weighted by molar-refractivity contribution is 5.77. The highest BCUT2D eigenvalue weighted by Crippen LogP contribution is 2.22. The molecule has 2 rings (SSSR count). The van der Waals surface area contributed by atoms with Crippen LogP contribution in [0.5, 0.6) is 5.75 Å². The van der Waals surface area contributed by atoms with Crippen molar-refractivity contribution >= 4 is 11.0 Å². The lowest BCUT2D eigenvalue weighted by molar-refractivity contribution is 0.276. The maximum absolute atomic E-state index is 9.24. The number of aliphatic hydroxyl groups is 1. The van der Waals surface area contributed by atoms with Gasteiger partial charge in [-0.25, -0.2) is 4.98 Å². The van der Waals surface area contributed by atoms with Gasteiger partial charge in [-0.2, -0.15) is 0 Å². The Balaban J connectivity index is 2.24. The Hall–Kier alpha value is -1.59. The molecule has 0 aliphatic rings. The van der Waals surface area contributed by atoms with Crippen molar-refractivity contribution in [3.05, 3.63) is 24.0 Å². The molecule has 0 aliphatic heterocycles. The molecule has 20 heavy (non-hydrogen) atoms. The molecule has 2 aromatic rings. The number of rotatable bonds is 8. The summed E-state index contributed by atoms with van der Waals surface area (Å²) >= 11 is 0. The summed E-state index contributed by atoms with van der Waals surface area (Å²) in [5.74, 6) is 1.81. The Morgan fingerprint density at radius 3 is 2.90 bits per heavy atom. The lowest BCUT2D eigenvalue weighted by Gasteiger charge is -2.08. The van der Waals surface area contributed by atoms with Gasteiger partial charge in [-0.05, 0) is 25.1 Å². The number of aromatic nitrogens is 2. The molecule has 0 saturated carbocycles.